The first-order valence-corrected chi connectivity index (χ1v) is 17.3. The number of hydrogen-bond acceptors (Lipinski definition) is 9. The summed E-state index contributed by atoms with van der Waals surface area (Å²) in [7, 11) is 0. The van der Waals surface area contributed by atoms with Gasteiger partial charge in [0.1, 0.15) is 24.8 Å². The molecule has 1 aromatic heterocycles. The van der Waals surface area contributed by atoms with Crippen LogP contribution in [0.25, 0.3) is 0 Å². The number of benzene rings is 2. The molecule has 3 aliphatic rings. The summed E-state index contributed by atoms with van der Waals surface area (Å²) >= 11 is 13.0. The number of allylic oxidation sites excluding steroid dienone is 3. The van der Waals surface area contributed by atoms with Gasteiger partial charge in [-0.05, 0) is 84.3 Å². The number of halogens is 2. The van der Waals surface area contributed by atoms with Gasteiger partial charge < -0.3 is 29.3 Å². The van der Waals surface area contributed by atoms with Crippen molar-refractivity contribution >= 4 is 46.2 Å². The molecule has 0 spiro atoms. The summed E-state index contributed by atoms with van der Waals surface area (Å²) in [6.07, 6.45) is 6.94. The number of carbonyl (C=O) groups is 1. The second-order valence-electron chi connectivity index (χ2n) is 13.0. The summed E-state index contributed by atoms with van der Waals surface area (Å²) in [4.78, 5) is 17.0. The van der Waals surface area contributed by atoms with Gasteiger partial charge in [-0.1, -0.05) is 49.5 Å². The molecule has 3 aromatic rings. The van der Waals surface area contributed by atoms with E-state index in [0.29, 0.717) is 42.0 Å². The van der Waals surface area contributed by atoms with Crippen molar-refractivity contribution in [2.24, 2.45) is 11.3 Å². The largest absolute Gasteiger partial charge is 0.491 e. The fraction of sp³-hybridized carbons (Fsp3) is 0.486. The Bertz CT molecular complexity index is 1590. The Kier molecular flexibility index (Phi) is 10.6. The van der Waals surface area contributed by atoms with E-state index in [1.165, 1.54) is 6.33 Å². The van der Waals surface area contributed by atoms with Gasteiger partial charge in [0, 0.05) is 59.7 Å². The van der Waals surface area contributed by atoms with Crippen molar-refractivity contribution in [1.29, 1.82) is 0 Å². The summed E-state index contributed by atoms with van der Waals surface area (Å²) in [5.74, 6) is 0.0924. The van der Waals surface area contributed by atoms with Gasteiger partial charge in [0.25, 0.3) is 0 Å². The fourth-order valence-electron chi connectivity index (χ4n) is 6.33. The lowest BCUT2D eigenvalue weighted by atomic mass is 9.75. The van der Waals surface area contributed by atoms with E-state index in [0.717, 1.165) is 55.4 Å². The molecule has 48 heavy (non-hydrogen) atoms. The zero-order chi connectivity index (χ0) is 33.7. The Labute approximate surface area is 291 Å². The molecular weight excluding hydrogens is 653 g/mol. The number of rotatable bonds is 12. The van der Waals surface area contributed by atoms with E-state index in [-0.39, 0.29) is 18.6 Å². The minimum absolute atomic E-state index is 0.0680. The van der Waals surface area contributed by atoms with Gasteiger partial charge in [0.15, 0.2) is 5.79 Å². The van der Waals surface area contributed by atoms with E-state index >= 15 is 0 Å². The number of anilines is 3. The first-order chi connectivity index (χ1) is 23.2. The Morgan fingerprint density at radius 3 is 2.33 bits per heavy atom. The number of piperazine rings is 1. The third-order valence-corrected chi connectivity index (χ3v) is 10.4. The normalized spacial score (nSPS) is 25.0. The van der Waals surface area contributed by atoms with Gasteiger partial charge in [-0.3, -0.25) is 4.79 Å². The topological polar surface area (TPSA) is 107 Å². The van der Waals surface area contributed by atoms with Crippen LogP contribution in [0.4, 0.5) is 17.1 Å². The maximum Gasteiger partial charge on any atom is 0.224 e. The number of nitrogens with zero attached hydrogens (tertiary/aromatic N) is 6. The summed E-state index contributed by atoms with van der Waals surface area (Å²) in [5, 5.41) is 15.7. The summed E-state index contributed by atoms with van der Waals surface area (Å²) < 4.78 is 20.8. The molecule has 2 fully saturated rings. The first-order valence-electron chi connectivity index (χ1n) is 16.5. The van der Waals surface area contributed by atoms with Gasteiger partial charge in [0.2, 0.25) is 5.91 Å². The Balaban J connectivity index is 0.999. The predicted octanol–water partition coefficient (Wildman–Crippen LogP) is 6.22. The van der Waals surface area contributed by atoms with Crippen LogP contribution in [0.15, 0.2) is 77.1 Å². The molecule has 2 unspecified atom stereocenters. The fourth-order valence-corrected chi connectivity index (χ4v) is 6.91. The molecule has 13 heteroatoms. The number of nitrogens with one attached hydrogen (secondary N) is 1. The van der Waals surface area contributed by atoms with Crippen LogP contribution >= 0.6 is 23.2 Å². The van der Waals surface area contributed by atoms with Gasteiger partial charge >= 0.3 is 0 Å². The smallest absolute Gasteiger partial charge is 0.224 e. The molecule has 11 nitrogen and oxygen atoms in total. The zero-order valence-corrected chi connectivity index (χ0v) is 29.2. The van der Waals surface area contributed by atoms with E-state index < -0.39 is 11.2 Å². The molecule has 6 rings (SSSR count). The summed E-state index contributed by atoms with van der Waals surface area (Å²) in [6, 6.07) is 16.3. The van der Waals surface area contributed by atoms with Gasteiger partial charge in [-0.15, -0.1) is 5.10 Å². The molecule has 2 aromatic carbocycles. The van der Waals surface area contributed by atoms with Crippen LogP contribution in [-0.4, -0.2) is 77.4 Å². The van der Waals surface area contributed by atoms with E-state index in [2.05, 4.69) is 68.8 Å². The molecule has 1 amide bonds. The van der Waals surface area contributed by atoms with Crippen molar-refractivity contribution in [3.05, 3.63) is 77.1 Å². The number of aromatic nitrogens is 4. The minimum atomic E-state index is -1.12. The van der Waals surface area contributed by atoms with Gasteiger partial charge in [-0.2, -0.15) is 0 Å². The van der Waals surface area contributed by atoms with Crippen molar-refractivity contribution in [2.45, 2.75) is 58.5 Å². The highest BCUT2D eigenvalue weighted by Crippen LogP contribution is 2.52. The molecule has 2 saturated heterocycles. The highest BCUT2D eigenvalue weighted by Gasteiger charge is 2.58. The van der Waals surface area contributed by atoms with Gasteiger partial charge in [-0.25, -0.2) is 4.68 Å². The second-order valence-corrected chi connectivity index (χ2v) is 13.9. The lowest BCUT2D eigenvalue weighted by Gasteiger charge is -2.45. The van der Waals surface area contributed by atoms with Crippen LogP contribution in [0.5, 0.6) is 5.75 Å². The van der Waals surface area contributed by atoms with E-state index in [4.69, 9.17) is 37.4 Å². The highest BCUT2D eigenvalue weighted by atomic mass is 35.5. The number of hydrogen-bond donors (Lipinski definition) is 1. The van der Waals surface area contributed by atoms with E-state index in [1.807, 2.05) is 37.3 Å². The maximum absolute atomic E-state index is 12.2. The zero-order valence-electron chi connectivity index (χ0n) is 27.6. The molecule has 0 saturated carbocycles. The van der Waals surface area contributed by atoms with Crippen molar-refractivity contribution in [1.82, 2.24) is 20.2 Å². The van der Waals surface area contributed by atoms with Crippen LogP contribution in [0.2, 0.25) is 0 Å². The lowest BCUT2D eigenvalue weighted by molar-refractivity contribution is -0.239. The SMILES string of the molecule is CCC(C)CC(=O)Nc1ccc(N2CCN(c3ccc(OC[C@@H]4CO[C@@](Cn5cnnn5)(C5(C)CC=C(Cl)C=C5Cl)O4)cc3)CC2)cc1. The average molecular weight is 697 g/mol. The monoisotopic (exact) mass is 695 g/mol. The molecule has 0 radical (unpaired) electrons. The standard InChI is InChI=1S/C35H43Cl2N7O4/c1-4-25(2)19-33(45)39-27-5-7-28(8-6-27)42-15-17-43(18-16-42)29-9-11-30(12-10-29)46-21-31-22-47-35(48-31,23-44-24-38-40-41-44)34(3)14-13-26(36)20-32(34)37/h5-13,20,24-25,31H,4,14-19,21-23H2,1-3H3,(H,39,45)/t25?,31-,34?,35-/m1/s1. The molecule has 0 bridgehead atoms. The number of ether oxygens (including phenoxy) is 3. The molecule has 4 atom stereocenters. The third kappa shape index (κ3) is 7.64. The number of carbonyl (C=O) groups excluding carboxylic acids is 1. The maximum atomic E-state index is 12.2. The molecule has 3 heterocycles. The predicted molar refractivity (Wildman–Crippen MR) is 187 cm³/mol. The van der Waals surface area contributed by atoms with Crippen LogP contribution in [0, 0.1) is 11.3 Å². The van der Waals surface area contributed by atoms with E-state index in [1.54, 1.807) is 10.8 Å². The molecule has 1 N–H and O–H groups in total. The third-order valence-electron chi connectivity index (χ3n) is 9.62. The first kappa shape index (κ1) is 34.2. The summed E-state index contributed by atoms with van der Waals surface area (Å²) in [5.41, 5.74) is 2.45. The van der Waals surface area contributed by atoms with Crippen LogP contribution in [0.3, 0.4) is 0 Å². The van der Waals surface area contributed by atoms with Crippen molar-refractivity contribution in [3.8, 4) is 5.75 Å². The van der Waals surface area contributed by atoms with Crippen molar-refractivity contribution < 1.29 is 19.0 Å². The molecule has 256 valence electrons. The minimum Gasteiger partial charge on any atom is -0.491 e. The van der Waals surface area contributed by atoms with Gasteiger partial charge in [0.05, 0.1) is 18.6 Å². The number of amides is 1. The molecule has 1 aliphatic carbocycles. The van der Waals surface area contributed by atoms with Crippen LogP contribution in [0.1, 0.15) is 40.0 Å². The Hall–Kier alpha value is -3.64. The van der Waals surface area contributed by atoms with E-state index in [9.17, 15) is 4.79 Å². The quantitative estimate of drug-likeness (QED) is 0.236. The lowest BCUT2D eigenvalue weighted by Crippen LogP contribution is -2.52. The Morgan fingerprint density at radius 1 is 1.06 bits per heavy atom. The second kappa shape index (κ2) is 14.9. The molecular formula is C35H43Cl2N7O4. The van der Waals surface area contributed by atoms with Crippen molar-refractivity contribution in [2.75, 3.05) is 54.5 Å². The highest BCUT2D eigenvalue weighted by molar-refractivity contribution is 6.35. The van der Waals surface area contributed by atoms with Crippen molar-refractivity contribution in [3.63, 3.8) is 0 Å². The van der Waals surface area contributed by atoms with Crippen LogP contribution < -0.4 is 19.9 Å². The average Bonchev–Trinajstić information content (AvgIpc) is 3.77. The van der Waals surface area contributed by atoms with Crippen LogP contribution in [-0.2, 0) is 20.8 Å². The molecule has 2 aliphatic heterocycles. The number of tetrazole rings is 1. The Morgan fingerprint density at radius 2 is 1.73 bits per heavy atom. The summed E-state index contributed by atoms with van der Waals surface area (Å²) in [6.45, 7) is 10.7.